The Hall–Kier alpha value is -3.35. The third-order valence-corrected chi connectivity index (χ3v) is 6.53. The molecule has 0 N–H and O–H groups in total. The molecule has 6 nitrogen and oxygen atoms in total. The number of morpholine rings is 1. The first-order valence-electron chi connectivity index (χ1n) is 11.4. The molecular formula is C27H26ClN3O3. The molecule has 1 aliphatic heterocycles. The van der Waals surface area contributed by atoms with Crippen molar-refractivity contribution in [2.75, 3.05) is 33.4 Å². The lowest BCUT2D eigenvalue weighted by Gasteiger charge is -2.26. The van der Waals surface area contributed by atoms with Gasteiger partial charge in [0.1, 0.15) is 11.4 Å². The largest absolute Gasteiger partial charge is 0.497 e. The minimum absolute atomic E-state index is 0.140. The Kier molecular flexibility index (Phi) is 6.52. The van der Waals surface area contributed by atoms with Gasteiger partial charge in [-0.15, -0.1) is 0 Å². The van der Waals surface area contributed by atoms with Crippen LogP contribution in [0.5, 0.6) is 5.75 Å². The normalized spacial score (nSPS) is 13.9. The Balaban J connectivity index is 1.55. The molecule has 174 valence electrons. The van der Waals surface area contributed by atoms with Crippen molar-refractivity contribution in [1.29, 1.82) is 0 Å². The summed E-state index contributed by atoms with van der Waals surface area (Å²) in [5.41, 5.74) is 5.64. The highest BCUT2D eigenvalue weighted by Gasteiger charge is 2.20. The summed E-state index contributed by atoms with van der Waals surface area (Å²) in [7, 11) is 1.65. The molecule has 0 aliphatic carbocycles. The van der Waals surface area contributed by atoms with E-state index in [1.807, 2.05) is 65.6 Å². The van der Waals surface area contributed by atoms with Crippen LogP contribution in [0, 0.1) is 0 Å². The third-order valence-electron chi connectivity index (χ3n) is 6.21. The number of aryl methyl sites for hydroxylation is 1. The van der Waals surface area contributed by atoms with Crippen molar-refractivity contribution < 1.29 is 14.3 Å². The second-order valence-corrected chi connectivity index (χ2v) is 8.66. The smallest absolute Gasteiger partial charge is 0.223 e. The SMILES string of the molecule is COc1ccc(-c2nc3ccc(-c4ccccc4Cl)cn3c2CCC(=O)N2CCOCC2)cc1. The Morgan fingerprint density at radius 1 is 1.03 bits per heavy atom. The first-order valence-corrected chi connectivity index (χ1v) is 11.8. The number of methoxy groups -OCH3 is 1. The maximum atomic E-state index is 12.9. The van der Waals surface area contributed by atoms with Gasteiger partial charge in [-0.05, 0) is 54.4 Å². The minimum atomic E-state index is 0.140. The quantitative estimate of drug-likeness (QED) is 0.388. The summed E-state index contributed by atoms with van der Waals surface area (Å²) >= 11 is 6.47. The van der Waals surface area contributed by atoms with Crippen molar-refractivity contribution >= 4 is 23.2 Å². The van der Waals surface area contributed by atoms with Crippen LogP contribution in [-0.2, 0) is 16.0 Å². The van der Waals surface area contributed by atoms with E-state index in [0.29, 0.717) is 44.2 Å². The van der Waals surface area contributed by atoms with E-state index in [0.717, 1.165) is 39.5 Å². The standard InChI is InChI=1S/C27H26ClN3O3/c1-33-21-9-6-19(7-10-21)27-24(11-13-26(32)30-14-16-34-17-15-30)31-18-20(8-12-25(31)29-27)22-4-2-3-5-23(22)28/h2-10,12,18H,11,13-17H2,1H3. The zero-order valence-electron chi connectivity index (χ0n) is 19.0. The maximum Gasteiger partial charge on any atom is 0.223 e. The predicted octanol–water partition coefficient (Wildman–Crippen LogP) is 5.12. The highest BCUT2D eigenvalue weighted by atomic mass is 35.5. The second-order valence-electron chi connectivity index (χ2n) is 8.25. The molecule has 4 aromatic rings. The first-order chi connectivity index (χ1) is 16.6. The van der Waals surface area contributed by atoms with Crippen LogP contribution in [0.2, 0.25) is 5.02 Å². The van der Waals surface area contributed by atoms with Crippen LogP contribution in [0.3, 0.4) is 0 Å². The zero-order valence-corrected chi connectivity index (χ0v) is 19.8. The average molecular weight is 476 g/mol. The number of fused-ring (bicyclic) bond motifs is 1. The third kappa shape index (κ3) is 4.52. The van der Waals surface area contributed by atoms with Gasteiger partial charge >= 0.3 is 0 Å². The number of carbonyl (C=O) groups excluding carboxylic acids is 1. The molecule has 1 amide bonds. The molecule has 1 aliphatic rings. The molecule has 2 aromatic heterocycles. The van der Waals surface area contributed by atoms with Crippen LogP contribution in [-0.4, -0.2) is 53.6 Å². The van der Waals surface area contributed by atoms with E-state index >= 15 is 0 Å². The van der Waals surface area contributed by atoms with Crippen LogP contribution in [0.25, 0.3) is 28.0 Å². The van der Waals surface area contributed by atoms with Crippen molar-refractivity contribution in [3.05, 3.63) is 77.6 Å². The lowest BCUT2D eigenvalue weighted by molar-refractivity contribution is -0.135. The number of halogens is 1. The lowest BCUT2D eigenvalue weighted by Crippen LogP contribution is -2.40. The summed E-state index contributed by atoms with van der Waals surface area (Å²) in [6, 6.07) is 19.7. The van der Waals surface area contributed by atoms with Gasteiger partial charge in [-0.25, -0.2) is 4.98 Å². The van der Waals surface area contributed by atoms with Crippen LogP contribution >= 0.6 is 11.6 Å². The number of aromatic nitrogens is 2. The fourth-order valence-corrected chi connectivity index (χ4v) is 4.61. The highest BCUT2D eigenvalue weighted by Crippen LogP contribution is 2.31. The molecule has 2 aromatic carbocycles. The van der Waals surface area contributed by atoms with E-state index < -0.39 is 0 Å². The van der Waals surface area contributed by atoms with Gasteiger partial charge in [0.2, 0.25) is 5.91 Å². The molecule has 5 rings (SSSR count). The Morgan fingerprint density at radius 3 is 2.50 bits per heavy atom. The summed E-state index contributed by atoms with van der Waals surface area (Å²) in [5, 5.41) is 0.696. The summed E-state index contributed by atoms with van der Waals surface area (Å²) in [5.74, 6) is 0.929. The van der Waals surface area contributed by atoms with E-state index in [4.69, 9.17) is 26.1 Å². The van der Waals surface area contributed by atoms with Crippen molar-refractivity contribution in [2.45, 2.75) is 12.8 Å². The number of benzene rings is 2. The number of carbonyl (C=O) groups is 1. The Bertz CT molecular complexity index is 1310. The number of pyridine rings is 1. The number of amides is 1. The fourth-order valence-electron chi connectivity index (χ4n) is 4.36. The minimum Gasteiger partial charge on any atom is -0.497 e. The summed E-state index contributed by atoms with van der Waals surface area (Å²) < 4.78 is 12.8. The lowest BCUT2D eigenvalue weighted by atomic mass is 10.1. The number of nitrogens with zero attached hydrogens (tertiary/aromatic N) is 3. The van der Waals surface area contributed by atoms with Crippen molar-refractivity contribution in [3.8, 4) is 28.1 Å². The number of hydrogen-bond donors (Lipinski definition) is 0. The van der Waals surface area contributed by atoms with E-state index in [-0.39, 0.29) is 5.91 Å². The molecule has 34 heavy (non-hydrogen) atoms. The molecule has 3 heterocycles. The van der Waals surface area contributed by atoms with Crippen LogP contribution in [0.15, 0.2) is 66.9 Å². The van der Waals surface area contributed by atoms with Gasteiger partial charge in [-0.3, -0.25) is 4.79 Å². The maximum absolute atomic E-state index is 12.9. The van der Waals surface area contributed by atoms with E-state index in [2.05, 4.69) is 10.6 Å². The van der Waals surface area contributed by atoms with Gasteiger partial charge in [-0.1, -0.05) is 29.8 Å². The highest BCUT2D eigenvalue weighted by molar-refractivity contribution is 6.33. The molecule has 7 heteroatoms. The molecule has 0 spiro atoms. The van der Waals surface area contributed by atoms with Gasteiger partial charge in [0, 0.05) is 41.9 Å². The van der Waals surface area contributed by atoms with E-state index in [1.54, 1.807) is 7.11 Å². The fraction of sp³-hybridized carbons (Fsp3) is 0.259. The number of rotatable bonds is 6. The second kappa shape index (κ2) is 9.87. The molecule has 0 atom stereocenters. The zero-order chi connectivity index (χ0) is 23.5. The molecule has 1 fully saturated rings. The van der Waals surface area contributed by atoms with Gasteiger partial charge < -0.3 is 18.8 Å². The van der Waals surface area contributed by atoms with E-state index in [1.165, 1.54) is 0 Å². The molecule has 1 saturated heterocycles. The van der Waals surface area contributed by atoms with E-state index in [9.17, 15) is 4.79 Å². The Morgan fingerprint density at radius 2 is 1.76 bits per heavy atom. The van der Waals surface area contributed by atoms with Crippen LogP contribution < -0.4 is 4.74 Å². The summed E-state index contributed by atoms with van der Waals surface area (Å²) in [6.45, 7) is 2.49. The van der Waals surface area contributed by atoms with Gasteiger partial charge in [-0.2, -0.15) is 0 Å². The van der Waals surface area contributed by atoms with Crippen LogP contribution in [0.4, 0.5) is 0 Å². The van der Waals surface area contributed by atoms with Crippen molar-refractivity contribution in [3.63, 3.8) is 0 Å². The van der Waals surface area contributed by atoms with Crippen LogP contribution in [0.1, 0.15) is 12.1 Å². The topological polar surface area (TPSA) is 56.1 Å². The molecule has 0 saturated carbocycles. The number of ether oxygens (including phenoxy) is 2. The van der Waals surface area contributed by atoms with Gasteiger partial charge in [0.05, 0.1) is 31.7 Å². The van der Waals surface area contributed by atoms with Crippen molar-refractivity contribution in [2.24, 2.45) is 0 Å². The summed E-state index contributed by atoms with van der Waals surface area (Å²) in [4.78, 5) is 19.7. The molecule has 0 radical (unpaired) electrons. The molecular weight excluding hydrogens is 450 g/mol. The average Bonchev–Trinajstić information content (AvgIpc) is 3.25. The predicted molar refractivity (Wildman–Crippen MR) is 133 cm³/mol. The van der Waals surface area contributed by atoms with Gasteiger partial charge in [0.25, 0.3) is 0 Å². The Labute approximate surface area is 203 Å². The van der Waals surface area contributed by atoms with Gasteiger partial charge in [0.15, 0.2) is 0 Å². The molecule has 0 bridgehead atoms. The summed E-state index contributed by atoms with van der Waals surface area (Å²) in [6.07, 6.45) is 3.04. The number of imidazole rings is 1. The first kappa shape index (κ1) is 22.4. The van der Waals surface area contributed by atoms with Crippen molar-refractivity contribution in [1.82, 2.24) is 14.3 Å². The monoisotopic (exact) mass is 475 g/mol. The molecule has 0 unspecified atom stereocenters. The number of hydrogen-bond acceptors (Lipinski definition) is 4.